The molecule has 0 bridgehead atoms. The van der Waals surface area contributed by atoms with Crippen LogP contribution in [-0.4, -0.2) is 56.5 Å². The minimum Gasteiger partial charge on any atom is -0.478 e. The zero-order valence-corrected chi connectivity index (χ0v) is 17.0. The van der Waals surface area contributed by atoms with Gasteiger partial charge in [0.2, 0.25) is 15.9 Å². The van der Waals surface area contributed by atoms with Gasteiger partial charge in [-0.3, -0.25) is 4.79 Å². The van der Waals surface area contributed by atoms with Gasteiger partial charge in [-0.2, -0.15) is 17.5 Å². The fourth-order valence-corrected chi connectivity index (χ4v) is 3.97. The molecule has 0 heterocycles. The van der Waals surface area contributed by atoms with E-state index in [0.29, 0.717) is 0 Å². The summed E-state index contributed by atoms with van der Waals surface area (Å²) in [7, 11) is -2.95. The first-order valence-corrected chi connectivity index (χ1v) is 10.2. The molecule has 0 fully saturated rings. The standard InChI is InChI=1S/C19H19F3N2O6S/c1-30-11-10-24(31(28,29)14-8-6-13(7-9-14)18(26)27)12-17(25)23-16-5-3-2-4-15(16)19(20,21)22/h2-9H,10-12H2,1H3,(H,23,25)(H,26,27). The van der Waals surface area contributed by atoms with Gasteiger partial charge in [-0.05, 0) is 36.4 Å². The highest BCUT2D eigenvalue weighted by Gasteiger charge is 2.34. The number of amides is 1. The van der Waals surface area contributed by atoms with Crippen LogP contribution < -0.4 is 5.32 Å². The Kier molecular flexibility index (Phi) is 7.76. The normalized spacial score (nSPS) is 12.0. The van der Waals surface area contributed by atoms with Gasteiger partial charge in [0.25, 0.3) is 0 Å². The van der Waals surface area contributed by atoms with Gasteiger partial charge in [-0.1, -0.05) is 12.1 Å². The molecule has 0 saturated carbocycles. The lowest BCUT2D eigenvalue weighted by atomic mass is 10.1. The van der Waals surface area contributed by atoms with Crippen molar-refractivity contribution in [1.29, 1.82) is 0 Å². The predicted octanol–water partition coefficient (Wildman–Crippen LogP) is 2.68. The number of nitrogens with zero attached hydrogens (tertiary/aromatic N) is 1. The molecule has 12 heteroatoms. The number of alkyl halides is 3. The molecule has 2 aromatic rings. The highest BCUT2D eigenvalue weighted by molar-refractivity contribution is 7.89. The number of carbonyl (C=O) groups excluding carboxylic acids is 1. The lowest BCUT2D eigenvalue weighted by Crippen LogP contribution is -2.40. The fraction of sp³-hybridized carbons (Fsp3) is 0.263. The van der Waals surface area contributed by atoms with Crippen LogP contribution in [-0.2, 0) is 25.7 Å². The zero-order valence-electron chi connectivity index (χ0n) is 16.2. The molecule has 31 heavy (non-hydrogen) atoms. The zero-order chi connectivity index (χ0) is 23.2. The average molecular weight is 460 g/mol. The van der Waals surface area contributed by atoms with Crippen LogP contribution >= 0.6 is 0 Å². The number of benzene rings is 2. The molecular weight excluding hydrogens is 441 g/mol. The van der Waals surface area contributed by atoms with Gasteiger partial charge in [0.1, 0.15) is 0 Å². The fourth-order valence-electron chi connectivity index (χ4n) is 2.59. The second-order valence-corrected chi connectivity index (χ2v) is 8.19. The topological polar surface area (TPSA) is 113 Å². The van der Waals surface area contributed by atoms with E-state index >= 15 is 0 Å². The number of ether oxygens (including phenoxy) is 1. The van der Waals surface area contributed by atoms with Crippen molar-refractivity contribution in [3.63, 3.8) is 0 Å². The number of nitrogens with one attached hydrogen (secondary N) is 1. The Bertz CT molecular complexity index is 1040. The first-order valence-electron chi connectivity index (χ1n) is 8.75. The number of para-hydroxylation sites is 1. The Balaban J connectivity index is 2.27. The minimum absolute atomic E-state index is 0.0845. The molecule has 0 spiro atoms. The lowest BCUT2D eigenvalue weighted by Gasteiger charge is -2.22. The SMILES string of the molecule is COCCN(CC(=O)Nc1ccccc1C(F)(F)F)S(=O)(=O)c1ccc(C(=O)O)cc1. The smallest absolute Gasteiger partial charge is 0.418 e. The second-order valence-electron chi connectivity index (χ2n) is 6.25. The number of anilines is 1. The number of halogens is 3. The van der Waals surface area contributed by atoms with Gasteiger partial charge < -0.3 is 15.2 Å². The van der Waals surface area contributed by atoms with Crippen LogP contribution in [0.15, 0.2) is 53.4 Å². The Hall–Kier alpha value is -2.96. The van der Waals surface area contributed by atoms with E-state index in [4.69, 9.17) is 9.84 Å². The number of hydrogen-bond donors (Lipinski definition) is 2. The van der Waals surface area contributed by atoms with Crippen LogP contribution in [0, 0.1) is 0 Å². The third-order valence-corrected chi connectivity index (χ3v) is 5.97. The van der Waals surface area contributed by atoms with Crippen molar-refractivity contribution in [1.82, 2.24) is 4.31 Å². The van der Waals surface area contributed by atoms with E-state index in [1.54, 1.807) is 0 Å². The van der Waals surface area contributed by atoms with Gasteiger partial charge >= 0.3 is 12.1 Å². The molecule has 0 aliphatic heterocycles. The second kappa shape index (κ2) is 9.90. The van der Waals surface area contributed by atoms with E-state index in [0.717, 1.165) is 46.8 Å². The van der Waals surface area contributed by atoms with Crippen LogP contribution in [0.2, 0.25) is 0 Å². The lowest BCUT2D eigenvalue weighted by molar-refractivity contribution is -0.137. The summed E-state index contributed by atoms with van der Waals surface area (Å²) in [6.45, 7) is -1.12. The summed E-state index contributed by atoms with van der Waals surface area (Å²) in [6.07, 6.45) is -4.71. The average Bonchev–Trinajstić information content (AvgIpc) is 2.70. The van der Waals surface area contributed by atoms with Crippen molar-refractivity contribution in [3.05, 3.63) is 59.7 Å². The largest absolute Gasteiger partial charge is 0.478 e. The van der Waals surface area contributed by atoms with E-state index in [9.17, 15) is 31.2 Å². The molecule has 0 aliphatic carbocycles. The highest BCUT2D eigenvalue weighted by Crippen LogP contribution is 2.34. The Labute approximate surface area is 176 Å². The monoisotopic (exact) mass is 460 g/mol. The summed E-state index contributed by atoms with van der Waals surface area (Å²) in [5.74, 6) is -2.23. The molecule has 8 nitrogen and oxygen atoms in total. The van der Waals surface area contributed by atoms with Gasteiger partial charge in [-0.25, -0.2) is 13.2 Å². The molecule has 0 aromatic heterocycles. The van der Waals surface area contributed by atoms with Crippen molar-refractivity contribution in [2.75, 3.05) is 32.1 Å². The van der Waals surface area contributed by atoms with Crippen LogP contribution in [0.25, 0.3) is 0 Å². The molecule has 2 aromatic carbocycles. The summed E-state index contributed by atoms with van der Waals surface area (Å²) in [6, 6.07) is 8.61. The third-order valence-electron chi connectivity index (χ3n) is 4.11. The summed E-state index contributed by atoms with van der Waals surface area (Å²) < 4.78 is 70.7. The van der Waals surface area contributed by atoms with Gasteiger partial charge in [0.15, 0.2) is 0 Å². The van der Waals surface area contributed by atoms with Crippen LogP contribution in [0.1, 0.15) is 15.9 Å². The van der Waals surface area contributed by atoms with Gasteiger partial charge in [-0.15, -0.1) is 0 Å². The van der Waals surface area contributed by atoms with E-state index in [-0.39, 0.29) is 23.6 Å². The van der Waals surface area contributed by atoms with Crippen molar-refractivity contribution in [2.45, 2.75) is 11.1 Å². The molecule has 0 atom stereocenters. The van der Waals surface area contributed by atoms with Crippen LogP contribution in [0.3, 0.4) is 0 Å². The quantitative estimate of drug-likeness (QED) is 0.595. The maximum Gasteiger partial charge on any atom is 0.418 e. The highest BCUT2D eigenvalue weighted by atomic mass is 32.2. The van der Waals surface area contributed by atoms with E-state index in [2.05, 4.69) is 5.32 Å². The number of carboxylic acid groups (broad SMARTS) is 1. The molecule has 0 aliphatic rings. The Morgan fingerprint density at radius 1 is 1.10 bits per heavy atom. The number of aromatic carboxylic acids is 1. The van der Waals surface area contributed by atoms with E-state index in [1.165, 1.54) is 13.2 Å². The summed E-state index contributed by atoms with van der Waals surface area (Å²) in [5, 5.41) is 11.0. The van der Waals surface area contributed by atoms with E-state index in [1.807, 2.05) is 0 Å². The number of hydrogen-bond acceptors (Lipinski definition) is 5. The molecule has 168 valence electrons. The maximum atomic E-state index is 13.1. The Morgan fingerprint density at radius 2 is 1.71 bits per heavy atom. The van der Waals surface area contributed by atoms with Gasteiger partial charge in [0.05, 0.1) is 34.9 Å². The first kappa shape index (κ1) is 24.3. The first-order chi connectivity index (χ1) is 14.5. The number of carbonyl (C=O) groups is 2. The summed E-state index contributed by atoms with van der Waals surface area (Å²) in [4.78, 5) is 23.0. The third kappa shape index (κ3) is 6.26. The summed E-state index contributed by atoms with van der Waals surface area (Å²) in [5.41, 5.74) is -1.71. The van der Waals surface area contributed by atoms with Crippen molar-refractivity contribution in [3.8, 4) is 0 Å². The molecule has 1 amide bonds. The predicted molar refractivity (Wildman–Crippen MR) is 104 cm³/mol. The maximum absolute atomic E-state index is 13.1. The molecule has 0 unspecified atom stereocenters. The van der Waals surface area contributed by atoms with Gasteiger partial charge in [0, 0.05) is 13.7 Å². The number of sulfonamides is 1. The summed E-state index contributed by atoms with van der Waals surface area (Å²) >= 11 is 0. The molecule has 0 radical (unpaired) electrons. The van der Waals surface area contributed by atoms with Crippen molar-refractivity contribution in [2.24, 2.45) is 0 Å². The molecule has 2 N–H and O–H groups in total. The van der Waals surface area contributed by atoms with Crippen molar-refractivity contribution < 1.29 is 41.0 Å². The number of rotatable bonds is 9. The van der Waals surface area contributed by atoms with Crippen molar-refractivity contribution >= 4 is 27.6 Å². The number of carboxylic acids is 1. The number of methoxy groups -OCH3 is 1. The Morgan fingerprint density at radius 3 is 2.26 bits per heavy atom. The van der Waals surface area contributed by atoms with E-state index < -0.39 is 45.9 Å². The molecule has 2 rings (SSSR count). The van der Waals surface area contributed by atoms with Crippen LogP contribution in [0.4, 0.5) is 18.9 Å². The minimum atomic E-state index is -4.71. The molecular formula is C19H19F3N2O6S. The molecule has 0 saturated heterocycles. The van der Waals surface area contributed by atoms with Crippen LogP contribution in [0.5, 0.6) is 0 Å².